The first-order valence-corrected chi connectivity index (χ1v) is 9.13. The Morgan fingerprint density at radius 2 is 1.71 bits per heavy atom. The molecule has 0 atom stereocenters. The van der Waals surface area contributed by atoms with Gasteiger partial charge in [0.15, 0.2) is 0 Å². The van der Waals surface area contributed by atoms with Gasteiger partial charge in [0.25, 0.3) is 0 Å². The number of rotatable bonds is 13. The number of carbonyl (C=O) groups excluding carboxylic acids is 1. The molecule has 24 heavy (non-hydrogen) atoms. The number of carbonyl (C=O) groups is 1. The molecule has 0 unspecified atom stereocenters. The molecule has 0 aromatic carbocycles. The van der Waals surface area contributed by atoms with Gasteiger partial charge in [0.05, 0.1) is 6.61 Å². The Kier molecular flexibility index (Phi) is 10.8. The minimum absolute atomic E-state index is 0.124. The van der Waals surface area contributed by atoms with Gasteiger partial charge in [-0.15, -0.1) is 0 Å². The van der Waals surface area contributed by atoms with E-state index in [1.807, 2.05) is 0 Å². The number of H-pyrrole nitrogens is 1. The number of ether oxygens (including phenoxy) is 1. The predicted molar refractivity (Wildman–Crippen MR) is 98.6 cm³/mol. The second-order valence-corrected chi connectivity index (χ2v) is 6.30. The van der Waals surface area contributed by atoms with Crippen molar-refractivity contribution in [1.29, 1.82) is 0 Å². The lowest BCUT2D eigenvalue weighted by molar-refractivity contribution is -0.137. The zero-order chi connectivity index (χ0) is 17.6. The molecule has 1 aromatic heterocycles. The summed E-state index contributed by atoms with van der Waals surface area (Å²) in [5, 5.41) is 0. The van der Waals surface area contributed by atoms with Crippen molar-refractivity contribution in [1.82, 2.24) is 9.55 Å². The molecule has 0 saturated carbocycles. The number of aryl methyl sites for hydroxylation is 1. The third kappa shape index (κ3) is 9.45. The van der Waals surface area contributed by atoms with E-state index in [4.69, 9.17) is 17.0 Å². The number of unbranched alkanes of at least 4 members (excludes halogenated alkanes) is 8. The van der Waals surface area contributed by atoms with E-state index >= 15 is 0 Å². The summed E-state index contributed by atoms with van der Waals surface area (Å²) in [6, 6.07) is 1.75. The summed E-state index contributed by atoms with van der Waals surface area (Å²) in [5.74, 6) is -0.338. The minimum Gasteiger partial charge on any atom is -0.463 e. The second kappa shape index (κ2) is 12.7. The summed E-state index contributed by atoms with van der Waals surface area (Å²) in [7, 11) is 0. The molecular formula is C18H28N2O3S. The summed E-state index contributed by atoms with van der Waals surface area (Å²) in [5.41, 5.74) is -0.124. The molecule has 0 aliphatic rings. The fraction of sp³-hybridized carbons (Fsp3) is 0.611. The highest BCUT2D eigenvalue weighted by Crippen LogP contribution is 2.10. The largest absolute Gasteiger partial charge is 0.463 e. The Morgan fingerprint density at radius 1 is 1.12 bits per heavy atom. The van der Waals surface area contributed by atoms with Gasteiger partial charge in [-0.1, -0.05) is 63.7 Å². The van der Waals surface area contributed by atoms with Gasteiger partial charge in [0, 0.05) is 18.8 Å². The van der Waals surface area contributed by atoms with Gasteiger partial charge in [0.1, 0.15) is 4.64 Å². The zero-order valence-corrected chi connectivity index (χ0v) is 15.1. The molecule has 1 rings (SSSR count). The second-order valence-electron chi connectivity index (χ2n) is 5.86. The van der Waals surface area contributed by atoms with Gasteiger partial charge in [-0.25, -0.2) is 9.59 Å². The fourth-order valence-corrected chi connectivity index (χ4v) is 2.62. The molecule has 5 nitrogen and oxygen atoms in total. The SMILES string of the molecule is C=CC(=O)OCCCCCCCCCCCn1ccc(=S)[nH]c1=O. The molecule has 1 aromatic rings. The smallest absolute Gasteiger partial charge is 0.330 e. The van der Waals surface area contributed by atoms with Crippen LogP contribution < -0.4 is 5.69 Å². The van der Waals surface area contributed by atoms with Gasteiger partial charge in [0.2, 0.25) is 0 Å². The summed E-state index contributed by atoms with van der Waals surface area (Å²) < 4.78 is 7.08. The highest BCUT2D eigenvalue weighted by Gasteiger charge is 1.97. The molecule has 0 amide bonds. The summed E-state index contributed by atoms with van der Waals surface area (Å²) in [6.45, 7) is 4.60. The topological polar surface area (TPSA) is 64.1 Å². The minimum atomic E-state index is -0.338. The first-order chi connectivity index (χ1) is 11.6. The molecule has 0 spiro atoms. The van der Waals surface area contributed by atoms with Crippen molar-refractivity contribution in [3.63, 3.8) is 0 Å². The van der Waals surface area contributed by atoms with E-state index in [9.17, 15) is 9.59 Å². The average Bonchev–Trinajstić information content (AvgIpc) is 2.57. The molecular weight excluding hydrogens is 324 g/mol. The first-order valence-electron chi connectivity index (χ1n) is 8.72. The summed E-state index contributed by atoms with van der Waals surface area (Å²) in [6.07, 6.45) is 13.2. The van der Waals surface area contributed by atoms with Crippen molar-refractivity contribution in [3.05, 3.63) is 40.0 Å². The monoisotopic (exact) mass is 352 g/mol. The number of esters is 1. The van der Waals surface area contributed by atoms with Crippen LogP contribution in [0.25, 0.3) is 0 Å². The van der Waals surface area contributed by atoms with E-state index in [1.54, 1.807) is 16.8 Å². The van der Waals surface area contributed by atoms with Crippen molar-refractivity contribution in [2.24, 2.45) is 0 Å². The number of hydrogen-bond acceptors (Lipinski definition) is 4. The van der Waals surface area contributed by atoms with Gasteiger partial charge in [-0.2, -0.15) is 0 Å². The van der Waals surface area contributed by atoms with E-state index in [2.05, 4.69) is 11.6 Å². The van der Waals surface area contributed by atoms with Gasteiger partial charge in [-0.3, -0.25) is 4.98 Å². The Labute approximate surface area is 148 Å². The van der Waals surface area contributed by atoms with Crippen LogP contribution in [0.4, 0.5) is 0 Å². The lowest BCUT2D eigenvalue weighted by Crippen LogP contribution is -2.22. The molecule has 1 heterocycles. The quantitative estimate of drug-likeness (QED) is 0.251. The van der Waals surface area contributed by atoms with Crippen LogP contribution in [-0.2, 0) is 16.1 Å². The van der Waals surface area contributed by atoms with Crippen LogP contribution in [0, 0.1) is 4.64 Å². The van der Waals surface area contributed by atoms with Crippen molar-refractivity contribution >= 4 is 18.2 Å². The maximum absolute atomic E-state index is 11.6. The maximum Gasteiger partial charge on any atom is 0.330 e. The summed E-state index contributed by atoms with van der Waals surface area (Å²) >= 11 is 4.91. The van der Waals surface area contributed by atoms with Crippen LogP contribution in [0.5, 0.6) is 0 Å². The third-order valence-corrected chi connectivity index (χ3v) is 4.09. The molecule has 0 aliphatic carbocycles. The van der Waals surface area contributed by atoms with Crippen LogP contribution >= 0.6 is 12.2 Å². The van der Waals surface area contributed by atoms with E-state index in [1.165, 1.54) is 38.2 Å². The third-order valence-electron chi connectivity index (χ3n) is 3.85. The lowest BCUT2D eigenvalue weighted by atomic mass is 10.1. The molecule has 0 fully saturated rings. The highest BCUT2D eigenvalue weighted by molar-refractivity contribution is 7.71. The fourth-order valence-electron chi connectivity index (χ4n) is 2.47. The Hall–Kier alpha value is -1.69. The van der Waals surface area contributed by atoms with Crippen molar-refractivity contribution in [3.8, 4) is 0 Å². The van der Waals surface area contributed by atoms with Crippen LogP contribution in [0.2, 0.25) is 0 Å². The van der Waals surface area contributed by atoms with Crippen LogP contribution in [0.1, 0.15) is 57.8 Å². The van der Waals surface area contributed by atoms with Crippen LogP contribution in [0.3, 0.4) is 0 Å². The molecule has 6 heteroatoms. The van der Waals surface area contributed by atoms with E-state index in [-0.39, 0.29) is 11.7 Å². The Balaban J connectivity index is 1.90. The Morgan fingerprint density at radius 3 is 2.29 bits per heavy atom. The summed E-state index contributed by atoms with van der Waals surface area (Å²) in [4.78, 5) is 25.1. The van der Waals surface area contributed by atoms with Crippen LogP contribution in [-0.4, -0.2) is 22.1 Å². The molecule has 0 radical (unpaired) electrons. The highest BCUT2D eigenvalue weighted by atomic mass is 32.1. The molecule has 0 aliphatic heterocycles. The van der Waals surface area contributed by atoms with Crippen molar-refractivity contribution in [2.75, 3.05) is 6.61 Å². The molecule has 0 bridgehead atoms. The first kappa shape index (κ1) is 20.4. The standard InChI is InChI=1S/C18H28N2O3S/c1-2-17(21)23-15-11-9-7-5-3-4-6-8-10-13-20-14-12-16(24)19-18(20)22/h2,12,14H,1,3-11,13,15H2,(H,19,22,24). The van der Waals surface area contributed by atoms with E-state index in [0.29, 0.717) is 11.2 Å². The molecule has 1 N–H and O–H groups in total. The van der Waals surface area contributed by atoms with E-state index < -0.39 is 0 Å². The number of aromatic nitrogens is 2. The average molecular weight is 352 g/mol. The number of nitrogens with one attached hydrogen (secondary N) is 1. The zero-order valence-electron chi connectivity index (χ0n) is 14.3. The van der Waals surface area contributed by atoms with Gasteiger partial charge >= 0.3 is 11.7 Å². The Bertz CT molecular complexity index is 607. The van der Waals surface area contributed by atoms with Crippen molar-refractivity contribution in [2.45, 2.75) is 64.3 Å². The van der Waals surface area contributed by atoms with E-state index in [0.717, 1.165) is 32.2 Å². The number of hydrogen-bond donors (Lipinski definition) is 1. The normalized spacial score (nSPS) is 10.5. The number of nitrogens with zero attached hydrogens (tertiary/aromatic N) is 1. The van der Waals surface area contributed by atoms with Crippen molar-refractivity contribution < 1.29 is 9.53 Å². The van der Waals surface area contributed by atoms with Gasteiger partial charge in [-0.05, 0) is 18.9 Å². The molecule has 0 saturated heterocycles. The van der Waals surface area contributed by atoms with Gasteiger partial charge < -0.3 is 9.30 Å². The maximum atomic E-state index is 11.6. The number of aromatic amines is 1. The molecule has 134 valence electrons. The lowest BCUT2D eigenvalue weighted by Gasteiger charge is -2.05. The predicted octanol–water partition coefficient (Wildman–Crippen LogP) is 4.15. The van der Waals surface area contributed by atoms with Crippen LogP contribution in [0.15, 0.2) is 29.7 Å².